The Morgan fingerprint density at radius 3 is 2.68 bits per heavy atom. The van der Waals surface area contributed by atoms with Crippen molar-refractivity contribution >= 4 is 58.2 Å². The number of halogens is 2. The van der Waals surface area contributed by atoms with Crippen LogP contribution < -0.4 is 10.7 Å². The van der Waals surface area contributed by atoms with Crippen LogP contribution in [0.2, 0.25) is 10.0 Å². The van der Waals surface area contributed by atoms with Crippen molar-refractivity contribution in [3.05, 3.63) is 87.9 Å². The molecule has 4 rings (SSSR count). The molecule has 7 nitrogen and oxygen atoms in total. The normalized spacial score (nSPS) is 10.8. The average molecular weight is 532 g/mol. The summed E-state index contributed by atoms with van der Waals surface area (Å²) >= 11 is 19.1. The van der Waals surface area contributed by atoms with Gasteiger partial charge in [-0.3, -0.25) is 15.5 Å². The van der Waals surface area contributed by atoms with E-state index in [-0.39, 0.29) is 10.9 Å². The molecule has 1 amide bonds. The number of amides is 1. The van der Waals surface area contributed by atoms with Gasteiger partial charge in [-0.05, 0) is 48.1 Å². The molecule has 0 spiro atoms. The number of furan rings is 1. The summed E-state index contributed by atoms with van der Waals surface area (Å²) in [5.74, 6) is 1.39. The van der Waals surface area contributed by atoms with Gasteiger partial charge in [-0.25, -0.2) is 4.68 Å². The molecular weight excluding hydrogens is 513 g/mol. The van der Waals surface area contributed by atoms with Gasteiger partial charge in [-0.15, -0.1) is 10.2 Å². The second kappa shape index (κ2) is 11.1. The Kier molecular flexibility index (Phi) is 7.89. The first-order valence-electron chi connectivity index (χ1n) is 10.2. The number of aromatic nitrogens is 3. The Morgan fingerprint density at radius 2 is 1.91 bits per heavy atom. The second-order valence-corrected chi connectivity index (χ2v) is 9.24. The number of thiocarbonyl (C=S) groups is 1. The van der Waals surface area contributed by atoms with Crippen molar-refractivity contribution in [2.24, 2.45) is 0 Å². The van der Waals surface area contributed by atoms with Crippen LogP contribution in [0.25, 0.3) is 11.3 Å². The number of aryl methyl sites for hydroxylation is 1. The van der Waals surface area contributed by atoms with Crippen LogP contribution in [0, 0.1) is 0 Å². The lowest BCUT2D eigenvalue weighted by Crippen LogP contribution is -2.38. The van der Waals surface area contributed by atoms with E-state index in [9.17, 15) is 4.79 Å². The largest absolute Gasteiger partial charge is 0.451 e. The van der Waals surface area contributed by atoms with Gasteiger partial charge in [0, 0.05) is 22.8 Å². The standard InChI is InChI=1S/C23H19Cl2N5O2S2/c1-2-20-27-28-23(34-13-14-6-4-3-5-7-14)30(20)29-22(33)26-21(31)19-11-10-18(32-19)16-12-15(24)8-9-17(16)25/h3-12H,2,13H2,1H3,(H2,26,29,31,33). The fourth-order valence-corrected chi connectivity index (χ4v) is 4.48. The third kappa shape index (κ3) is 5.79. The molecule has 2 N–H and O–H groups in total. The zero-order valence-electron chi connectivity index (χ0n) is 17.9. The summed E-state index contributed by atoms with van der Waals surface area (Å²) in [7, 11) is 0. The van der Waals surface area contributed by atoms with E-state index >= 15 is 0 Å². The molecular formula is C23H19Cl2N5O2S2. The highest BCUT2D eigenvalue weighted by molar-refractivity contribution is 7.98. The van der Waals surface area contributed by atoms with E-state index in [1.165, 1.54) is 11.8 Å². The van der Waals surface area contributed by atoms with Gasteiger partial charge in [0.25, 0.3) is 5.91 Å². The molecule has 11 heteroatoms. The number of hydrogen-bond donors (Lipinski definition) is 2. The SMILES string of the molecule is CCc1nnc(SCc2ccccc2)n1NC(=S)NC(=O)c1ccc(-c2cc(Cl)ccc2Cl)o1. The molecule has 0 aliphatic rings. The van der Waals surface area contributed by atoms with Crippen LogP contribution >= 0.6 is 47.2 Å². The van der Waals surface area contributed by atoms with Crippen molar-refractivity contribution in [1.82, 2.24) is 20.2 Å². The second-order valence-electron chi connectivity index (χ2n) is 7.05. The molecule has 2 aromatic heterocycles. The molecule has 0 aliphatic carbocycles. The lowest BCUT2D eigenvalue weighted by Gasteiger charge is -2.13. The average Bonchev–Trinajstić information content (AvgIpc) is 3.47. The Labute approximate surface area is 215 Å². The van der Waals surface area contributed by atoms with Crippen LogP contribution in [0.3, 0.4) is 0 Å². The Balaban J connectivity index is 1.43. The van der Waals surface area contributed by atoms with E-state index in [4.69, 9.17) is 39.8 Å². The zero-order valence-corrected chi connectivity index (χ0v) is 21.1. The smallest absolute Gasteiger partial charge is 0.293 e. The minimum Gasteiger partial charge on any atom is -0.451 e. The molecule has 0 fully saturated rings. The maximum atomic E-state index is 12.7. The van der Waals surface area contributed by atoms with Gasteiger partial charge in [0.1, 0.15) is 5.76 Å². The molecule has 174 valence electrons. The molecule has 0 radical (unpaired) electrons. The number of rotatable bonds is 7. The minimum atomic E-state index is -0.508. The van der Waals surface area contributed by atoms with Gasteiger partial charge in [-0.2, -0.15) is 0 Å². The van der Waals surface area contributed by atoms with Crippen molar-refractivity contribution in [1.29, 1.82) is 0 Å². The lowest BCUT2D eigenvalue weighted by molar-refractivity contribution is 0.0951. The molecule has 4 aromatic rings. The number of carbonyl (C=O) groups excluding carboxylic acids is 1. The number of carbonyl (C=O) groups is 1. The van der Waals surface area contributed by atoms with E-state index in [0.717, 1.165) is 5.56 Å². The topological polar surface area (TPSA) is 85.0 Å². The van der Waals surface area contributed by atoms with Crippen molar-refractivity contribution in [2.45, 2.75) is 24.3 Å². The van der Waals surface area contributed by atoms with E-state index < -0.39 is 5.91 Å². The van der Waals surface area contributed by atoms with Crippen LogP contribution in [-0.2, 0) is 12.2 Å². The molecule has 0 unspecified atom stereocenters. The molecule has 0 atom stereocenters. The Hall–Kier alpha value is -2.85. The predicted molar refractivity (Wildman–Crippen MR) is 139 cm³/mol. The summed E-state index contributed by atoms with van der Waals surface area (Å²) in [6.07, 6.45) is 0.629. The summed E-state index contributed by atoms with van der Waals surface area (Å²) in [6, 6.07) is 18.2. The van der Waals surface area contributed by atoms with Gasteiger partial charge in [0.15, 0.2) is 16.7 Å². The van der Waals surface area contributed by atoms with E-state index in [2.05, 4.69) is 20.9 Å². The third-order valence-corrected chi connectivity index (χ3v) is 6.45. The molecule has 0 bridgehead atoms. The number of hydrogen-bond acceptors (Lipinski definition) is 6. The fraction of sp³-hybridized carbons (Fsp3) is 0.130. The van der Waals surface area contributed by atoms with Crippen LogP contribution in [0.4, 0.5) is 0 Å². The van der Waals surface area contributed by atoms with Crippen molar-refractivity contribution < 1.29 is 9.21 Å². The van der Waals surface area contributed by atoms with Crippen molar-refractivity contribution in [2.75, 3.05) is 5.43 Å². The molecule has 0 aliphatic heterocycles. The molecule has 34 heavy (non-hydrogen) atoms. The first-order valence-corrected chi connectivity index (χ1v) is 12.4. The summed E-state index contributed by atoms with van der Waals surface area (Å²) in [5.41, 5.74) is 4.74. The minimum absolute atomic E-state index is 0.0772. The van der Waals surface area contributed by atoms with Crippen LogP contribution in [0.5, 0.6) is 0 Å². The highest BCUT2D eigenvalue weighted by Gasteiger charge is 2.18. The Morgan fingerprint density at radius 1 is 1.12 bits per heavy atom. The van der Waals surface area contributed by atoms with Crippen LogP contribution in [-0.4, -0.2) is 25.9 Å². The third-order valence-electron chi connectivity index (χ3n) is 4.69. The zero-order chi connectivity index (χ0) is 24.1. The monoisotopic (exact) mass is 531 g/mol. The van der Waals surface area contributed by atoms with Crippen LogP contribution in [0.1, 0.15) is 28.9 Å². The number of benzene rings is 2. The van der Waals surface area contributed by atoms with Gasteiger partial charge in [0.05, 0.1) is 5.02 Å². The predicted octanol–water partition coefficient (Wildman–Crippen LogP) is 5.96. The number of nitrogens with zero attached hydrogens (tertiary/aromatic N) is 3. The maximum Gasteiger partial charge on any atom is 0.293 e. The number of nitrogens with one attached hydrogen (secondary N) is 2. The molecule has 0 saturated carbocycles. The quantitative estimate of drug-likeness (QED) is 0.225. The van der Waals surface area contributed by atoms with Gasteiger partial charge < -0.3 is 4.42 Å². The Bertz CT molecular complexity index is 1320. The highest BCUT2D eigenvalue weighted by atomic mass is 35.5. The highest BCUT2D eigenvalue weighted by Crippen LogP contribution is 2.31. The van der Waals surface area contributed by atoms with Gasteiger partial charge >= 0.3 is 0 Å². The van der Waals surface area contributed by atoms with E-state index in [0.29, 0.717) is 44.5 Å². The van der Waals surface area contributed by atoms with Gasteiger partial charge in [0.2, 0.25) is 5.16 Å². The fourth-order valence-electron chi connectivity index (χ4n) is 3.04. The maximum absolute atomic E-state index is 12.7. The summed E-state index contributed by atoms with van der Waals surface area (Å²) in [6.45, 7) is 1.96. The lowest BCUT2D eigenvalue weighted by atomic mass is 10.2. The number of thioether (sulfide) groups is 1. The molecule has 2 aromatic carbocycles. The van der Waals surface area contributed by atoms with Gasteiger partial charge in [-0.1, -0.05) is 72.2 Å². The van der Waals surface area contributed by atoms with Crippen LogP contribution in [0.15, 0.2) is 70.2 Å². The van der Waals surface area contributed by atoms with Crippen molar-refractivity contribution in [3.63, 3.8) is 0 Å². The van der Waals surface area contributed by atoms with E-state index in [1.54, 1.807) is 35.0 Å². The molecule has 0 saturated heterocycles. The summed E-state index contributed by atoms with van der Waals surface area (Å²) in [4.78, 5) is 12.7. The summed E-state index contributed by atoms with van der Waals surface area (Å²) in [5, 5.41) is 12.8. The van der Waals surface area contributed by atoms with Crippen molar-refractivity contribution in [3.8, 4) is 11.3 Å². The first kappa shape index (κ1) is 24.3. The van der Waals surface area contributed by atoms with E-state index in [1.807, 2.05) is 37.3 Å². The summed E-state index contributed by atoms with van der Waals surface area (Å²) < 4.78 is 7.36. The first-order chi connectivity index (χ1) is 16.4. The molecule has 2 heterocycles.